The second-order valence-corrected chi connectivity index (χ2v) is 9.52. The van der Waals surface area contributed by atoms with Crippen LogP contribution in [0.2, 0.25) is 0 Å². The molecule has 1 unspecified atom stereocenters. The molecule has 0 bridgehead atoms. The third-order valence-corrected chi connectivity index (χ3v) is 6.95. The van der Waals surface area contributed by atoms with Crippen molar-refractivity contribution in [2.75, 3.05) is 7.11 Å². The number of methoxy groups -OCH3 is 1. The van der Waals surface area contributed by atoms with Crippen molar-refractivity contribution in [3.05, 3.63) is 106 Å². The number of sulfonamides is 1. The lowest BCUT2D eigenvalue weighted by Crippen LogP contribution is -2.27. The van der Waals surface area contributed by atoms with Gasteiger partial charge in [-0.1, -0.05) is 36.4 Å². The summed E-state index contributed by atoms with van der Waals surface area (Å²) in [6.45, 7) is 1.54. The van der Waals surface area contributed by atoms with Gasteiger partial charge in [0.05, 0.1) is 17.6 Å². The van der Waals surface area contributed by atoms with Gasteiger partial charge < -0.3 is 13.9 Å². The summed E-state index contributed by atoms with van der Waals surface area (Å²) in [5.41, 5.74) is 1.03. The van der Waals surface area contributed by atoms with E-state index in [4.69, 9.17) is 13.9 Å². The zero-order valence-corrected chi connectivity index (χ0v) is 19.9. The monoisotopic (exact) mass is 493 g/mol. The van der Waals surface area contributed by atoms with Gasteiger partial charge in [0.2, 0.25) is 10.0 Å². The minimum Gasteiger partial charge on any atom is -0.497 e. The Bertz CT molecular complexity index is 1530. The lowest BCUT2D eigenvalue weighted by molar-refractivity contribution is 0.0473. The summed E-state index contributed by atoms with van der Waals surface area (Å²) < 4.78 is 44.1. The minimum absolute atomic E-state index is 0.0624. The smallest absolute Gasteiger partial charge is 0.338 e. The third kappa shape index (κ3) is 5.59. The summed E-state index contributed by atoms with van der Waals surface area (Å²) in [4.78, 5) is 24.6. The van der Waals surface area contributed by atoms with Gasteiger partial charge >= 0.3 is 11.6 Å². The predicted octanol–water partition coefficient (Wildman–Crippen LogP) is 4.20. The molecule has 0 aliphatic heterocycles. The van der Waals surface area contributed by atoms with Crippen molar-refractivity contribution in [2.45, 2.75) is 24.5 Å². The van der Waals surface area contributed by atoms with Gasteiger partial charge in [0.1, 0.15) is 17.9 Å². The van der Waals surface area contributed by atoms with Crippen molar-refractivity contribution in [2.24, 2.45) is 0 Å². The molecule has 0 radical (unpaired) electrons. The quantitative estimate of drug-likeness (QED) is 0.289. The molecule has 4 rings (SSSR count). The molecule has 1 aromatic heterocycles. The summed E-state index contributed by atoms with van der Waals surface area (Å²) in [6, 6.07) is 20.5. The Labute approximate surface area is 202 Å². The van der Waals surface area contributed by atoms with Crippen LogP contribution >= 0.6 is 0 Å². The van der Waals surface area contributed by atoms with E-state index in [1.54, 1.807) is 25.1 Å². The summed E-state index contributed by atoms with van der Waals surface area (Å²) in [5, 5.41) is 0.591. The maximum atomic E-state index is 12.9. The topological polar surface area (TPSA) is 112 Å². The maximum absolute atomic E-state index is 12.9. The Kier molecular flexibility index (Phi) is 6.99. The summed E-state index contributed by atoms with van der Waals surface area (Å²) in [5.74, 6) is -0.212. The van der Waals surface area contributed by atoms with E-state index in [-0.39, 0.29) is 17.1 Å². The fourth-order valence-corrected chi connectivity index (χ4v) is 4.86. The van der Waals surface area contributed by atoms with Crippen LogP contribution in [0.3, 0.4) is 0 Å². The predicted molar refractivity (Wildman–Crippen MR) is 130 cm³/mol. The first-order valence-corrected chi connectivity index (χ1v) is 12.2. The first-order chi connectivity index (χ1) is 16.8. The van der Waals surface area contributed by atoms with Gasteiger partial charge in [-0.15, -0.1) is 0 Å². The lowest BCUT2D eigenvalue weighted by atomic mass is 10.1. The average molecular weight is 494 g/mol. The zero-order valence-electron chi connectivity index (χ0n) is 19.1. The molecule has 3 aromatic carbocycles. The largest absolute Gasteiger partial charge is 0.497 e. The molecule has 1 atom stereocenters. The van der Waals surface area contributed by atoms with Crippen LogP contribution in [0.25, 0.3) is 11.0 Å². The van der Waals surface area contributed by atoms with E-state index in [9.17, 15) is 18.0 Å². The molecule has 0 saturated heterocycles. The summed E-state index contributed by atoms with van der Waals surface area (Å²) >= 11 is 0. The number of carbonyl (C=O) groups is 1. The Morgan fingerprint density at radius 1 is 1.00 bits per heavy atom. The normalized spacial score (nSPS) is 12.3. The third-order valence-electron chi connectivity index (χ3n) is 5.41. The molecule has 4 aromatic rings. The highest BCUT2D eigenvalue weighted by atomic mass is 32.2. The maximum Gasteiger partial charge on any atom is 0.338 e. The molecule has 180 valence electrons. The van der Waals surface area contributed by atoms with Gasteiger partial charge in [-0.05, 0) is 42.8 Å². The summed E-state index contributed by atoms with van der Waals surface area (Å²) in [6.07, 6.45) is 0. The van der Waals surface area contributed by atoms with Gasteiger partial charge in [-0.2, -0.15) is 0 Å². The number of ether oxygens (including phenoxy) is 2. The molecule has 1 heterocycles. The van der Waals surface area contributed by atoms with E-state index in [1.165, 1.54) is 37.4 Å². The van der Waals surface area contributed by atoms with Gasteiger partial charge in [0.25, 0.3) is 0 Å². The van der Waals surface area contributed by atoms with E-state index >= 15 is 0 Å². The Morgan fingerprint density at radius 3 is 2.51 bits per heavy atom. The number of benzene rings is 3. The molecule has 35 heavy (non-hydrogen) atoms. The van der Waals surface area contributed by atoms with Crippen LogP contribution in [-0.2, 0) is 21.4 Å². The number of hydrogen-bond donors (Lipinski definition) is 1. The lowest BCUT2D eigenvalue weighted by Gasteiger charge is -2.15. The van der Waals surface area contributed by atoms with E-state index in [0.29, 0.717) is 22.3 Å². The Hall–Kier alpha value is -3.95. The van der Waals surface area contributed by atoms with E-state index in [1.807, 2.05) is 30.3 Å². The second-order valence-electron chi connectivity index (χ2n) is 7.81. The summed E-state index contributed by atoms with van der Waals surface area (Å²) in [7, 11) is -2.40. The molecule has 0 aliphatic carbocycles. The number of esters is 1. The van der Waals surface area contributed by atoms with Crippen LogP contribution in [0.5, 0.6) is 5.75 Å². The number of carbonyl (C=O) groups excluding carboxylic acids is 1. The first kappa shape index (κ1) is 24.2. The van der Waals surface area contributed by atoms with Crippen molar-refractivity contribution in [3.8, 4) is 5.75 Å². The molecule has 1 N–H and O–H groups in total. The van der Waals surface area contributed by atoms with Gasteiger partial charge in [0.15, 0.2) is 0 Å². The Morgan fingerprint density at radius 2 is 1.77 bits per heavy atom. The van der Waals surface area contributed by atoms with Crippen LogP contribution in [-0.4, -0.2) is 21.5 Å². The average Bonchev–Trinajstić information content (AvgIpc) is 2.86. The van der Waals surface area contributed by atoms with Crippen LogP contribution < -0.4 is 15.1 Å². The Balaban J connectivity index is 1.51. The molecule has 0 amide bonds. The van der Waals surface area contributed by atoms with Gasteiger partial charge in [0, 0.05) is 29.1 Å². The fourth-order valence-electron chi connectivity index (χ4n) is 3.58. The molecular weight excluding hydrogens is 470 g/mol. The highest BCUT2D eigenvalue weighted by Crippen LogP contribution is 2.24. The van der Waals surface area contributed by atoms with Crippen molar-refractivity contribution in [3.63, 3.8) is 0 Å². The molecule has 9 heteroatoms. The van der Waals surface area contributed by atoms with Crippen molar-refractivity contribution in [1.29, 1.82) is 0 Å². The highest BCUT2D eigenvalue weighted by molar-refractivity contribution is 7.89. The first-order valence-electron chi connectivity index (χ1n) is 10.7. The number of hydrogen-bond acceptors (Lipinski definition) is 7. The van der Waals surface area contributed by atoms with E-state index in [0.717, 1.165) is 5.56 Å². The fraction of sp³-hybridized carbons (Fsp3) is 0.154. The van der Waals surface area contributed by atoms with Crippen molar-refractivity contribution in [1.82, 2.24) is 4.72 Å². The van der Waals surface area contributed by atoms with Gasteiger partial charge in [-0.3, -0.25) is 0 Å². The van der Waals surface area contributed by atoms with Crippen LogP contribution in [0.15, 0.2) is 93.0 Å². The van der Waals surface area contributed by atoms with Crippen molar-refractivity contribution < 1.29 is 27.1 Å². The zero-order chi connectivity index (χ0) is 25.0. The number of rotatable bonds is 8. The molecule has 8 nitrogen and oxygen atoms in total. The second kappa shape index (κ2) is 10.1. The van der Waals surface area contributed by atoms with Crippen LogP contribution in [0.4, 0.5) is 0 Å². The SMILES string of the molecule is COc1ccc2c(COC(=O)c3cccc(S(=O)(=O)NC(C)c4ccccc4)c3)cc(=O)oc2c1. The van der Waals surface area contributed by atoms with E-state index < -0.39 is 27.7 Å². The standard InChI is InChI=1S/C26H23NO7S/c1-17(18-7-4-3-5-8-18)27-35(30,31)22-10-6-9-19(13-22)26(29)33-16-20-14-25(28)34-24-15-21(32-2)11-12-23(20)24/h3-15,17,27H,16H2,1-2H3. The minimum atomic E-state index is -3.90. The molecule has 0 spiro atoms. The van der Waals surface area contributed by atoms with E-state index in [2.05, 4.69) is 4.72 Å². The molecule has 0 aliphatic rings. The molecule has 0 fully saturated rings. The van der Waals surface area contributed by atoms with Crippen LogP contribution in [0, 0.1) is 0 Å². The van der Waals surface area contributed by atoms with Crippen molar-refractivity contribution >= 4 is 27.0 Å². The van der Waals surface area contributed by atoms with Gasteiger partial charge in [-0.25, -0.2) is 22.7 Å². The highest BCUT2D eigenvalue weighted by Gasteiger charge is 2.20. The number of nitrogens with one attached hydrogen (secondary N) is 1. The van der Waals surface area contributed by atoms with Crippen LogP contribution in [0.1, 0.15) is 34.5 Å². The molecule has 0 saturated carbocycles. The molecular formula is C26H23NO7S. The number of fused-ring (bicyclic) bond motifs is 1.